The van der Waals surface area contributed by atoms with Gasteiger partial charge in [-0.25, -0.2) is 0 Å². The van der Waals surface area contributed by atoms with Crippen LogP contribution in [0.1, 0.15) is 34.3 Å². The molecular weight excluding hydrogens is 670 g/mol. The Labute approximate surface area is 290 Å². The van der Waals surface area contributed by atoms with Gasteiger partial charge in [0, 0.05) is 76.7 Å². The van der Waals surface area contributed by atoms with Crippen LogP contribution in [0.15, 0.2) is 71.8 Å². The maximum atomic E-state index is 13.6. The van der Waals surface area contributed by atoms with E-state index >= 15 is 0 Å². The van der Waals surface area contributed by atoms with E-state index in [9.17, 15) is 9.59 Å². The number of hydrogen-bond acceptors (Lipinski definition) is 6. The molecule has 244 valence electrons. The second-order valence-electron chi connectivity index (χ2n) is 10.9. The molecule has 46 heavy (non-hydrogen) atoms. The minimum atomic E-state index is -0.354. The number of halogens is 4. The summed E-state index contributed by atoms with van der Waals surface area (Å²) in [7, 11) is 3.35. The Morgan fingerprint density at radius 1 is 0.761 bits per heavy atom. The van der Waals surface area contributed by atoms with Crippen molar-refractivity contribution in [1.82, 2.24) is 10.2 Å². The second kappa shape index (κ2) is 17.9. The van der Waals surface area contributed by atoms with Crippen molar-refractivity contribution in [1.29, 1.82) is 0 Å². The van der Waals surface area contributed by atoms with E-state index in [0.717, 1.165) is 13.1 Å². The van der Waals surface area contributed by atoms with Gasteiger partial charge in [0.1, 0.15) is 12.4 Å². The zero-order valence-electron chi connectivity index (χ0n) is 25.7. The van der Waals surface area contributed by atoms with Gasteiger partial charge >= 0.3 is 0 Å². The third kappa shape index (κ3) is 11.1. The second-order valence-corrected chi connectivity index (χ2v) is 12.6. The van der Waals surface area contributed by atoms with Gasteiger partial charge in [0.05, 0.1) is 13.2 Å². The number of hydrogen-bond donors (Lipinski definition) is 1. The van der Waals surface area contributed by atoms with Crippen molar-refractivity contribution in [2.45, 2.75) is 18.9 Å². The quantitative estimate of drug-likeness (QED) is 0.172. The number of amides is 1. The largest absolute Gasteiger partial charge is 0.492 e. The van der Waals surface area contributed by atoms with Gasteiger partial charge in [0.25, 0.3) is 5.91 Å². The molecule has 4 rings (SSSR count). The monoisotopic (exact) mass is 704 g/mol. The van der Waals surface area contributed by atoms with Crippen molar-refractivity contribution in [3.8, 4) is 5.75 Å². The molecule has 0 spiro atoms. The van der Waals surface area contributed by atoms with E-state index in [0.29, 0.717) is 92.9 Å². The molecule has 0 atom stereocenters. The van der Waals surface area contributed by atoms with Crippen molar-refractivity contribution in [2.75, 3.05) is 53.7 Å². The lowest BCUT2D eigenvalue weighted by Crippen LogP contribution is -2.39. The third-order valence-corrected chi connectivity index (χ3v) is 8.19. The highest BCUT2D eigenvalue weighted by Gasteiger charge is 2.29. The topological polar surface area (TPSA) is 77.1 Å². The van der Waals surface area contributed by atoms with Crippen molar-refractivity contribution < 1.29 is 23.8 Å². The lowest BCUT2D eigenvalue weighted by molar-refractivity contribution is -0.113. The molecule has 1 aliphatic rings. The Hall–Kier alpha value is -2.88. The number of benzene rings is 3. The molecule has 0 bridgehead atoms. The van der Waals surface area contributed by atoms with Gasteiger partial charge < -0.3 is 19.5 Å². The van der Waals surface area contributed by atoms with E-state index in [2.05, 4.69) is 10.2 Å². The summed E-state index contributed by atoms with van der Waals surface area (Å²) < 4.78 is 16.3. The van der Waals surface area contributed by atoms with Crippen LogP contribution in [0.2, 0.25) is 20.1 Å². The first-order valence-electron chi connectivity index (χ1n) is 14.8. The molecule has 0 aromatic heterocycles. The van der Waals surface area contributed by atoms with Crippen LogP contribution in [0.25, 0.3) is 12.2 Å². The van der Waals surface area contributed by atoms with Crippen molar-refractivity contribution in [3.63, 3.8) is 0 Å². The van der Waals surface area contributed by atoms with Gasteiger partial charge in [-0.05, 0) is 96.8 Å². The summed E-state index contributed by atoms with van der Waals surface area (Å²) in [6.07, 6.45) is 4.17. The van der Waals surface area contributed by atoms with E-state index in [4.69, 9.17) is 60.6 Å². The molecular formula is C35H36Cl4N2O5. The van der Waals surface area contributed by atoms with Gasteiger partial charge in [0.15, 0.2) is 5.78 Å². The first-order valence-corrected chi connectivity index (χ1v) is 16.3. The van der Waals surface area contributed by atoms with E-state index < -0.39 is 0 Å². The van der Waals surface area contributed by atoms with E-state index in [1.165, 1.54) is 0 Å². The van der Waals surface area contributed by atoms with Gasteiger partial charge in [-0.1, -0.05) is 46.4 Å². The molecule has 1 fully saturated rings. The van der Waals surface area contributed by atoms with Crippen LogP contribution in [0.3, 0.4) is 0 Å². The van der Waals surface area contributed by atoms with Crippen LogP contribution in [-0.4, -0.2) is 76.3 Å². The summed E-state index contributed by atoms with van der Waals surface area (Å²) >= 11 is 24.8. The van der Waals surface area contributed by atoms with Crippen LogP contribution in [0.4, 0.5) is 0 Å². The first kappa shape index (κ1) is 36.0. The first-order chi connectivity index (χ1) is 22.1. The Morgan fingerprint density at radius 3 is 1.67 bits per heavy atom. The maximum absolute atomic E-state index is 13.6. The van der Waals surface area contributed by atoms with Crippen molar-refractivity contribution in [3.05, 3.63) is 109 Å². The summed E-state index contributed by atoms with van der Waals surface area (Å²) in [6, 6.07) is 16.8. The molecule has 0 unspecified atom stereocenters. The van der Waals surface area contributed by atoms with Crippen LogP contribution >= 0.6 is 46.4 Å². The Morgan fingerprint density at radius 2 is 1.22 bits per heavy atom. The molecule has 3 aromatic rings. The fourth-order valence-corrected chi connectivity index (χ4v) is 6.19. The molecule has 1 aliphatic carbocycles. The standard InChI is InChI=1S/C35H36Cl4N2O5/c1-44-10-7-41(8-11-45-2)9-12-46-33-5-3-25(4-6-33)35(43)40-32-19-26(13-23-15-28(36)21-29(37)16-23)34(42)27(20-32)14-24-17-30(38)22-31(39)18-24/h3-6,13-18,21-22,32H,7-12,19-20H2,1-2H3,(H,40,43)/b26-13+,27-14+. The fourth-order valence-electron chi connectivity index (χ4n) is 5.11. The number of methoxy groups -OCH3 is 2. The number of nitrogens with one attached hydrogen (secondary N) is 1. The highest BCUT2D eigenvalue weighted by atomic mass is 35.5. The van der Waals surface area contributed by atoms with Crippen LogP contribution in [-0.2, 0) is 14.3 Å². The molecule has 7 nitrogen and oxygen atoms in total. The lowest BCUT2D eigenvalue weighted by atomic mass is 9.83. The molecule has 1 saturated carbocycles. The van der Waals surface area contributed by atoms with Crippen molar-refractivity contribution in [2.24, 2.45) is 0 Å². The predicted molar refractivity (Wildman–Crippen MR) is 187 cm³/mol. The third-order valence-electron chi connectivity index (χ3n) is 7.32. The number of Topliss-reactive ketones (excluding diaryl/α,β-unsaturated/α-hetero) is 1. The smallest absolute Gasteiger partial charge is 0.251 e. The fraction of sp³-hybridized carbons (Fsp3) is 0.314. The average Bonchev–Trinajstić information content (AvgIpc) is 3.00. The normalized spacial score (nSPS) is 16.8. The van der Waals surface area contributed by atoms with Gasteiger partial charge in [0.2, 0.25) is 0 Å². The van der Waals surface area contributed by atoms with Crippen molar-refractivity contribution >= 4 is 70.2 Å². The van der Waals surface area contributed by atoms with E-state index in [1.807, 2.05) is 0 Å². The minimum absolute atomic E-state index is 0.137. The number of ether oxygens (including phenoxy) is 3. The Bertz CT molecular complexity index is 1450. The van der Waals surface area contributed by atoms with E-state index in [-0.39, 0.29) is 17.7 Å². The van der Waals surface area contributed by atoms with Crippen LogP contribution in [0, 0.1) is 0 Å². The number of carbonyl (C=O) groups is 2. The molecule has 0 aliphatic heterocycles. The molecule has 11 heteroatoms. The molecule has 0 radical (unpaired) electrons. The molecule has 1 amide bonds. The van der Waals surface area contributed by atoms with Gasteiger partial charge in [-0.15, -0.1) is 0 Å². The van der Waals surface area contributed by atoms with E-state index in [1.54, 1.807) is 87.0 Å². The van der Waals surface area contributed by atoms with Crippen LogP contribution < -0.4 is 10.1 Å². The lowest BCUT2D eigenvalue weighted by Gasteiger charge is -2.27. The summed E-state index contributed by atoms with van der Waals surface area (Å²) in [5, 5.41) is 4.93. The summed E-state index contributed by atoms with van der Waals surface area (Å²) in [5.74, 6) is 0.266. The Kier molecular flexibility index (Phi) is 14.0. The zero-order valence-corrected chi connectivity index (χ0v) is 28.7. The summed E-state index contributed by atoms with van der Waals surface area (Å²) in [5.41, 5.74) is 2.89. The SMILES string of the molecule is COCCN(CCOC)CCOc1ccc(C(=O)NC2C/C(=C\c3cc(Cl)cc(Cl)c3)C(=O)/C(=C/c3cc(Cl)cc(Cl)c3)C2)cc1. The zero-order chi connectivity index (χ0) is 33.1. The van der Waals surface area contributed by atoms with Gasteiger partial charge in [-0.2, -0.15) is 0 Å². The van der Waals surface area contributed by atoms with Crippen LogP contribution in [0.5, 0.6) is 5.75 Å². The molecule has 0 heterocycles. The number of ketones is 1. The average molecular weight is 706 g/mol. The number of rotatable bonds is 14. The summed E-state index contributed by atoms with van der Waals surface area (Å²) in [6.45, 7) is 4.01. The maximum Gasteiger partial charge on any atom is 0.251 e. The number of nitrogens with zero attached hydrogens (tertiary/aromatic N) is 1. The van der Waals surface area contributed by atoms with Gasteiger partial charge in [-0.3, -0.25) is 14.5 Å². The molecule has 1 N–H and O–H groups in total. The summed E-state index contributed by atoms with van der Waals surface area (Å²) in [4.78, 5) is 29.2. The Balaban J connectivity index is 1.47. The highest BCUT2D eigenvalue weighted by Crippen LogP contribution is 2.31. The highest BCUT2D eigenvalue weighted by molar-refractivity contribution is 6.35. The molecule has 0 saturated heterocycles. The predicted octanol–water partition coefficient (Wildman–Crippen LogP) is 7.90. The number of carbonyl (C=O) groups excluding carboxylic acids is 2. The minimum Gasteiger partial charge on any atom is -0.492 e. The molecule has 3 aromatic carbocycles.